The van der Waals surface area contributed by atoms with E-state index in [9.17, 15) is 4.79 Å². The summed E-state index contributed by atoms with van der Waals surface area (Å²) in [6.45, 7) is 2.36. The van der Waals surface area contributed by atoms with Crippen molar-refractivity contribution in [2.45, 2.75) is 13.3 Å². The number of nitrogens with one attached hydrogen (secondary N) is 1. The molecule has 0 saturated carbocycles. The molecule has 69 valence electrons. The number of pyridine rings is 1. The first-order valence-corrected chi connectivity index (χ1v) is 4.30. The molecule has 0 unspecified atom stereocenters. The van der Waals surface area contributed by atoms with Crippen molar-refractivity contribution in [1.82, 2.24) is 10.3 Å². The highest BCUT2D eigenvalue weighted by Crippen LogP contribution is 1.92. The summed E-state index contributed by atoms with van der Waals surface area (Å²) in [5.41, 5.74) is 0.999. The van der Waals surface area contributed by atoms with Crippen LogP contribution < -0.4 is 5.32 Å². The third-order valence-corrected chi connectivity index (χ3v) is 1.67. The first-order chi connectivity index (χ1) is 6.33. The number of hydrogen-bond acceptors (Lipinski definition) is 2. The molecule has 1 heterocycles. The van der Waals surface area contributed by atoms with Crippen molar-refractivity contribution in [3.05, 3.63) is 36.5 Å². The monoisotopic (exact) mass is 177 g/mol. The van der Waals surface area contributed by atoms with E-state index in [1.165, 1.54) is 6.42 Å². The van der Waals surface area contributed by atoms with E-state index in [4.69, 9.17) is 0 Å². The third-order valence-electron chi connectivity index (χ3n) is 1.67. The summed E-state index contributed by atoms with van der Waals surface area (Å²) in [5.74, 6) is -0.0315. The van der Waals surface area contributed by atoms with Gasteiger partial charge in [-0.05, 0) is 12.1 Å². The molecule has 0 saturated heterocycles. The third kappa shape index (κ3) is 3.69. The maximum atomic E-state index is 10.8. The van der Waals surface area contributed by atoms with Crippen molar-refractivity contribution in [3.8, 4) is 0 Å². The molecule has 13 heavy (non-hydrogen) atoms. The lowest BCUT2D eigenvalue weighted by Gasteiger charge is -2.01. The molecule has 0 aliphatic rings. The van der Waals surface area contributed by atoms with Gasteiger partial charge in [-0.3, -0.25) is 9.78 Å². The predicted molar refractivity (Wildman–Crippen MR) is 50.9 cm³/mol. The maximum Gasteiger partial charge on any atom is 0.223 e. The standard InChI is InChI=1S/C10H13N2O/c1-2-10(13)12-8-6-9-5-3-4-7-11-9/h2-5,7H,6,8H2,1H3,(H,12,13). The number of amides is 1. The molecule has 0 spiro atoms. The molecule has 1 radical (unpaired) electrons. The first kappa shape index (κ1) is 9.71. The van der Waals surface area contributed by atoms with Crippen LogP contribution in [0.3, 0.4) is 0 Å². The highest BCUT2D eigenvalue weighted by atomic mass is 16.1. The lowest BCUT2D eigenvalue weighted by Crippen LogP contribution is -2.25. The van der Waals surface area contributed by atoms with Crippen LogP contribution in [0.1, 0.15) is 12.6 Å². The van der Waals surface area contributed by atoms with Gasteiger partial charge in [-0.2, -0.15) is 0 Å². The summed E-state index contributed by atoms with van der Waals surface area (Å²) in [4.78, 5) is 15.0. The van der Waals surface area contributed by atoms with Crippen molar-refractivity contribution in [2.24, 2.45) is 0 Å². The van der Waals surface area contributed by atoms with Crippen molar-refractivity contribution in [3.63, 3.8) is 0 Å². The van der Waals surface area contributed by atoms with Crippen LogP contribution in [0.2, 0.25) is 0 Å². The lowest BCUT2D eigenvalue weighted by molar-refractivity contribution is -0.117. The van der Waals surface area contributed by atoms with E-state index < -0.39 is 0 Å². The van der Waals surface area contributed by atoms with Crippen LogP contribution in [-0.2, 0) is 11.2 Å². The zero-order chi connectivity index (χ0) is 9.52. The summed E-state index contributed by atoms with van der Waals surface area (Å²) in [7, 11) is 0. The minimum Gasteiger partial charge on any atom is -0.355 e. The Kier molecular flexibility index (Phi) is 3.96. The van der Waals surface area contributed by atoms with Gasteiger partial charge in [0.2, 0.25) is 5.91 Å². The largest absolute Gasteiger partial charge is 0.355 e. The molecule has 1 aromatic heterocycles. The van der Waals surface area contributed by atoms with Crippen molar-refractivity contribution in [2.75, 3.05) is 6.54 Å². The Hall–Kier alpha value is -1.38. The predicted octanol–water partition coefficient (Wildman–Crippen LogP) is 0.964. The van der Waals surface area contributed by atoms with Crippen LogP contribution in [0.4, 0.5) is 0 Å². The average molecular weight is 177 g/mol. The number of rotatable bonds is 4. The van der Waals surface area contributed by atoms with Crippen molar-refractivity contribution < 1.29 is 4.79 Å². The molecule has 0 atom stereocenters. The van der Waals surface area contributed by atoms with E-state index in [1.54, 1.807) is 13.1 Å². The van der Waals surface area contributed by atoms with Gasteiger partial charge in [0.1, 0.15) is 0 Å². The van der Waals surface area contributed by atoms with Crippen LogP contribution >= 0.6 is 0 Å². The summed E-state index contributed by atoms with van der Waals surface area (Å²) in [5, 5.41) is 2.75. The Morgan fingerprint density at radius 1 is 1.62 bits per heavy atom. The van der Waals surface area contributed by atoms with E-state index in [1.807, 2.05) is 18.2 Å². The second kappa shape index (κ2) is 5.30. The van der Waals surface area contributed by atoms with Crippen molar-refractivity contribution >= 4 is 5.91 Å². The first-order valence-electron chi connectivity index (χ1n) is 4.30. The number of carbonyl (C=O) groups is 1. The molecule has 0 aliphatic carbocycles. The van der Waals surface area contributed by atoms with Crippen LogP contribution in [-0.4, -0.2) is 17.4 Å². The summed E-state index contributed by atoms with van der Waals surface area (Å²) in [6.07, 6.45) is 4.04. The minimum absolute atomic E-state index is 0.0315. The number of carbonyl (C=O) groups excluding carboxylic acids is 1. The maximum absolute atomic E-state index is 10.8. The van der Waals surface area contributed by atoms with Crippen LogP contribution in [0.5, 0.6) is 0 Å². The lowest BCUT2D eigenvalue weighted by atomic mass is 10.2. The fourth-order valence-electron chi connectivity index (χ4n) is 0.962. The topological polar surface area (TPSA) is 42.0 Å². The Morgan fingerprint density at radius 2 is 2.46 bits per heavy atom. The van der Waals surface area contributed by atoms with E-state index in [-0.39, 0.29) is 5.91 Å². The Bertz CT molecular complexity index is 259. The molecule has 0 aliphatic heterocycles. The van der Waals surface area contributed by atoms with Crippen LogP contribution in [0.15, 0.2) is 24.4 Å². The Balaban J connectivity index is 2.24. The van der Waals surface area contributed by atoms with Gasteiger partial charge in [-0.15, -0.1) is 0 Å². The van der Waals surface area contributed by atoms with Gasteiger partial charge in [-0.1, -0.05) is 13.0 Å². The number of aromatic nitrogens is 1. The molecule has 0 bridgehead atoms. The number of nitrogens with zero attached hydrogens (tertiary/aromatic N) is 1. The summed E-state index contributed by atoms with van der Waals surface area (Å²) in [6, 6.07) is 5.76. The van der Waals surface area contributed by atoms with Crippen LogP contribution in [0, 0.1) is 6.42 Å². The second-order valence-corrected chi connectivity index (χ2v) is 2.65. The summed E-state index contributed by atoms with van der Waals surface area (Å²) < 4.78 is 0. The van der Waals surface area contributed by atoms with E-state index in [0.717, 1.165) is 12.1 Å². The molecule has 1 N–H and O–H groups in total. The number of hydrogen-bond donors (Lipinski definition) is 1. The molecule has 0 aromatic carbocycles. The second-order valence-electron chi connectivity index (χ2n) is 2.65. The zero-order valence-electron chi connectivity index (χ0n) is 7.66. The summed E-state index contributed by atoms with van der Waals surface area (Å²) >= 11 is 0. The molecule has 0 fully saturated rings. The van der Waals surface area contributed by atoms with Gasteiger partial charge >= 0.3 is 0 Å². The molecule has 1 amide bonds. The molecule has 1 aromatic rings. The van der Waals surface area contributed by atoms with Gasteiger partial charge < -0.3 is 5.32 Å². The average Bonchev–Trinajstić information content (AvgIpc) is 2.19. The van der Waals surface area contributed by atoms with Gasteiger partial charge in [0.05, 0.1) is 0 Å². The normalized spacial score (nSPS) is 9.62. The highest BCUT2D eigenvalue weighted by Gasteiger charge is 1.96. The van der Waals surface area contributed by atoms with Gasteiger partial charge in [0.15, 0.2) is 0 Å². The highest BCUT2D eigenvalue weighted by molar-refractivity contribution is 5.83. The minimum atomic E-state index is -0.0315. The van der Waals surface area contributed by atoms with E-state index in [0.29, 0.717) is 6.54 Å². The quantitative estimate of drug-likeness (QED) is 0.744. The molecular formula is C10H13N2O. The smallest absolute Gasteiger partial charge is 0.223 e. The fourth-order valence-corrected chi connectivity index (χ4v) is 0.962. The fraction of sp³-hybridized carbons (Fsp3) is 0.300. The van der Waals surface area contributed by atoms with Crippen molar-refractivity contribution in [1.29, 1.82) is 0 Å². The molecular weight excluding hydrogens is 164 g/mol. The Morgan fingerprint density at radius 3 is 3.08 bits per heavy atom. The zero-order valence-corrected chi connectivity index (χ0v) is 7.66. The SMILES string of the molecule is C[CH]C(=O)NCCc1ccccn1. The Labute approximate surface area is 78.2 Å². The van der Waals surface area contributed by atoms with Crippen LogP contribution in [0.25, 0.3) is 0 Å². The molecule has 1 rings (SSSR count). The van der Waals surface area contributed by atoms with Gasteiger partial charge in [0, 0.05) is 31.3 Å². The van der Waals surface area contributed by atoms with Gasteiger partial charge in [-0.25, -0.2) is 0 Å². The van der Waals surface area contributed by atoms with Gasteiger partial charge in [0.25, 0.3) is 0 Å². The van der Waals surface area contributed by atoms with E-state index in [2.05, 4.69) is 10.3 Å². The molecule has 3 nitrogen and oxygen atoms in total. The van der Waals surface area contributed by atoms with E-state index >= 15 is 0 Å². The molecule has 3 heteroatoms.